The van der Waals surface area contributed by atoms with Gasteiger partial charge in [-0.1, -0.05) is 38.7 Å². The zero-order valence-electron chi connectivity index (χ0n) is 13.5. The average molecular weight is 263 g/mol. The van der Waals surface area contributed by atoms with E-state index < -0.39 is 0 Å². The summed E-state index contributed by atoms with van der Waals surface area (Å²) in [6, 6.07) is 0.665. The van der Waals surface area contributed by atoms with E-state index in [0.29, 0.717) is 6.04 Å². The number of allylic oxidation sites excluding steroid dienone is 2. The van der Waals surface area contributed by atoms with Gasteiger partial charge in [-0.3, -0.25) is 0 Å². The fourth-order valence-electron chi connectivity index (χ4n) is 4.31. The van der Waals surface area contributed by atoms with Gasteiger partial charge in [0.2, 0.25) is 0 Å². The highest BCUT2D eigenvalue weighted by molar-refractivity contribution is 5.11. The van der Waals surface area contributed by atoms with Gasteiger partial charge >= 0.3 is 0 Å². The van der Waals surface area contributed by atoms with Gasteiger partial charge < -0.3 is 4.90 Å². The number of likely N-dealkylation sites (tertiary alicyclic amines) is 1. The third-order valence-electron chi connectivity index (χ3n) is 5.42. The third-order valence-corrected chi connectivity index (χ3v) is 5.42. The van der Waals surface area contributed by atoms with Crippen LogP contribution in [0.5, 0.6) is 0 Å². The van der Waals surface area contributed by atoms with Crippen molar-refractivity contribution in [3.63, 3.8) is 0 Å². The van der Waals surface area contributed by atoms with E-state index in [2.05, 4.69) is 38.7 Å². The van der Waals surface area contributed by atoms with E-state index in [1.165, 1.54) is 51.5 Å². The van der Waals surface area contributed by atoms with Crippen molar-refractivity contribution in [1.29, 1.82) is 0 Å². The van der Waals surface area contributed by atoms with Crippen molar-refractivity contribution in [1.82, 2.24) is 4.90 Å². The van der Waals surface area contributed by atoms with Crippen molar-refractivity contribution in [3.05, 3.63) is 11.8 Å². The van der Waals surface area contributed by atoms with Gasteiger partial charge in [-0.2, -0.15) is 0 Å². The zero-order chi connectivity index (χ0) is 13.8. The Morgan fingerprint density at radius 3 is 2.37 bits per heavy atom. The predicted molar refractivity (Wildman–Crippen MR) is 84.1 cm³/mol. The van der Waals surface area contributed by atoms with E-state index in [0.717, 1.165) is 17.8 Å². The second-order valence-electron chi connectivity index (χ2n) is 7.12. The van der Waals surface area contributed by atoms with Gasteiger partial charge in [0.1, 0.15) is 0 Å². The molecule has 0 amide bonds. The molecule has 110 valence electrons. The molecule has 0 N–H and O–H groups in total. The second-order valence-corrected chi connectivity index (χ2v) is 7.12. The Labute approximate surface area is 120 Å². The van der Waals surface area contributed by atoms with E-state index in [-0.39, 0.29) is 0 Å². The lowest BCUT2D eigenvalue weighted by atomic mass is 9.77. The number of fused-ring (bicyclic) bond motifs is 1. The van der Waals surface area contributed by atoms with Crippen molar-refractivity contribution >= 4 is 0 Å². The van der Waals surface area contributed by atoms with Gasteiger partial charge in [0.25, 0.3) is 0 Å². The Morgan fingerprint density at radius 2 is 1.74 bits per heavy atom. The van der Waals surface area contributed by atoms with E-state index in [1.807, 2.05) is 0 Å². The molecule has 19 heavy (non-hydrogen) atoms. The first kappa shape index (κ1) is 14.9. The van der Waals surface area contributed by atoms with Crippen molar-refractivity contribution < 1.29 is 0 Å². The molecule has 2 fully saturated rings. The summed E-state index contributed by atoms with van der Waals surface area (Å²) in [4.78, 5) is 2.67. The summed E-state index contributed by atoms with van der Waals surface area (Å²) in [6.07, 6.45) is 12.5. The minimum absolute atomic E-state index is 0.665. The van der Waals surface area contributed by atoms with Crippen LogP contribution in [0.25, 0.3) is 0 Å². The molecule has 0 bridgehead atoms. The molecule has 1 heteroatoms. The predicted octanol–water partition coefficient (Wildman–Crippen LogP) is 5.23. The smallest absolute Gasteiger partial charge is 0.0230 e. The van der Waals surface area contributed by atoms with Crippen molar-refractivity contribution in [2.45, 2.75) is 78.7 Å². The van der Waals surface area contributed by atoms with E-state index in [1.54, 1.807) is 5.70 Å². The molecular formula is C18H33N. The molecular weight excluding hydrogens is 230 g/mol. The largest absolute Gasteiger partial charge is 0.372 e. The van der Waals surface area contributed by atoms with Crippen LogP contribution >= 0.6 is 0 Å². The SMILES string of the molecule is C/C=C1\C2CCCC(C)CCCC2CCN1C(C)C. The standard InChI is InChI=1S/C18H33N/c1-5-18-17-11-7-9-15(4)8-6-10-16(17)12-13-19(18)14(2)3/h5,14-17H,6-13H2,1-4H3/b18-5+. The lowest BCUT2D eigenvalue weighted by Gasteiger charge is -2.44. The first-order chi connectivity index (χ1) is 9.13. The van der Waals surface area contributed by atoms with Crippen LogP contribution in [-0.2, 0) is 0 Å². The zero-order valence-corrected chi connectivity index (χ0v) is 13.5. The van der Waals surface area contributed by atoms with Crippen molar-refractivity contribution in [2.24, 2.45) is 17.8 Å². The van der Waals surface area contributed by atoms with Gasteiger partial charge in [-0.05, 0) is 51.9 Å². The summed E-state index contributed by atoms with van der Waals surface area (Å²) in [6.45, 7) is 10.7. The summed E-state index contributed by atoms with van der Waals surface area (Å²) < 4.78 is 0. The molecule has 0 aromatic rings. The van der Waals surface area contributed by atoms with Crippen LogP contribution in [0, 0.1) is 17.8 Å². The number of hydrogen-bond acceptors (Lipinski definition) is 1. The second kappa shape index (κ2) is 6.81. The molecule has 2 rings (SSSR count). The van der Waals surface area contributed by atoms with Crippen LogP contribution in [0.15, 0.2) is 11.8 Å². The van der Waals surface area contributed by atoms with Gasteiger partial charge in [0.15, 0.2) is 0 Å². The maximum Gasteiger partial charge on any atom is 0.0230 e. The minimum Gasteiger partial charge on any atom is -0.372 e. The molecule has 1 nitrogen and oxygen atoms in total. The van der Waals surface area contributed by atoms with Crippen LogP contribution in [0.2, 0.25) is 0 Å². The topological polar surface area (TPSA) is 3.24 Å². The maximum atomic E-state index is 2.67. The fourth-order valence-corrected chi connectivity index (χ4v) is 4.31. The van der Waals surface area contributed by atoms with Crippen LogP contribution in [0.4, 0.5) is 0 Å². The van der Waals surface area contributed by atoms with Gasteiger partial charge in [-0.15, -0.1) is 0 Å². The Balaban J connectivity index is 2.12. The van der Waals surface area contributed by atoms with Gasteiger partial charge in [-0.25, -0.2) is 0 Å². The molecule has 0 aromatic heterocycles. The van der Waals surface area contributed by atoms with Crippen LogP contribution in [0.3, 0.4) is 0 Å². The quantitative estimate of drug-likeness (QED) is 0.626. The van der Waals surface area contributed by atoms with Gasteiger partial charge in [0.05, 0.1) is 0 Å². The van der Waals surface area contributed by atoms with Crippen molar-refractivity contribution in [3.8, 4) is 0 Å². The first-order valence-electron chi connectivity index (χ1n) is 8.56. The number of piperidine rings is 1. The average Bonchev–Trinajstić information content (AvgIpc) is 2.47. The monoisotopic (exact) mass is 263 g/mol. The molecule has 3 atom stereocenters. The van der Waals surface area contributed by atoms with Crippen LogP contribution in [-0.4, -0.2) is 17.5 Å². The van der Waals surface area contributed by atoms with Gasteiger partial charge in [0, 0.05) is 24.2 Å². The van der Waals surface area contributed by atoms with Crippen LogP contribution in [0.1, 0.15) is 72.6 Å². The fraction of sp³-hybridized carbons (Fsp3) is 0.889. The lowest BCUT2D eigenvalue weighted by Crippen LogP contribution is -2.42. The highest BCUT2D eigenvalue weighted by atomic mass is 15.2. The van der Waals surface area contributed by atoms with E-state index in [4.69, 9.17) is 0 Å². The van der Waals surface area contributed by atoms with E-state index in [9.17, 15) is 0 Å². The van der Waals surface area contributed by atoms with Crippen LogP contribution < -0.4 is 0 Å². The summed E-state index contributed by atoms with van der Waals surface area (Å²) >= 11 is 0. The Kier molecular flexibility index (Phi) is 5.36. The number of hydrogen-bond donors (Lipinski definition) is 0. The molecule has 0 spiro atoms. The number of rotatable bonds is 1. The number of nitrogens with zero attached hydrogens (tertiary/aromatic N) is 1. The lowest BCUT2D eigenvalue weighted by molar-refractivity contribution is 0.137. The summed E-state index contributed by atoms with van der Waals surface area (Å²) in [5.74, 6) is 2.77. The highest BCUT2D eigenvalue weighted by Gasteiger charge is 2.33. The molecule has 1 heterocycles. The Morgan fingerprint density at radius 1 is 1.05 bits per heavy atom. The maximum absolute atomic E-state index is 2.67. The van der Waals surface area contributed by atoms with Crippen molar-refractivity contribution in [2.75, 3.05) is 6.54 Å². The highest BCUT2D eigenvalue weighted by Crippen LogP contribution is 2.41. The summed E-state index contributed by atoms with van der Waals surface area (Å²) in [5, 5.41) is 0. The molecule has 3 unspecified atom stereocenters. The Bertz CT molecular complexity index is 305. The summed E-state index contributed by atoms with van der Waals surface area (Å²) in [7, 11) is 0. The minimum atomic E-state index is 0.665. The molecule has 0 aromatic carbocycles. The Hall–Kier alpha value is -0.460. The third kappa shape index (κ3) is 3.55. The molecule has 1 aliphatic carbocycles. The molecule has 2 aliphatic rings. The first-order valence-corrected chi connectivity index (χ1v) is 8.56. The normalized spacial score (nSPS) is 35.7. The van der Waals surface area contributed by atoms with E-state index >= 15 is 0 Å². The molecule has 1 saturated carbocycles. The molecule has 0 radical (unpaired) electrons. The summed E-state index contributed by atoms with van der Waals surface area (Å²) in [5.41, 5.74) is 1.67. The molecule has 1 aliphatic heterocycles. The molecule has 1 saturated heterocycles.